The van der Waals surface area contributed by atoms with Crippen LogP contribution >= 0.6 is 22.6 Å². The Hall–Kier alpha value is -1.24. The van der Waals surface area contributed by atoms with Crippen LogP contribution in [0.5, 0.6) is 11.8 Å². The molecule has 2 aromatic rings. The summed E-state index contributed by atoms with van der Waals surface area (Å²) in [6, 6.07) is 4.57. The van der Waals surface area contributed by atoms with Crippen molar-refractivity contribution in [2.45, 2.75) is 6.92 Å². The molecule has 0 unspecified atom stereocenters. The molecule has 0 N–H and O–H groups in total. The lowest BCUT2D eigenvalue weighted by Crippen LogP contribution is -1.93. The lowest BCUT2D eigenvalue weighted by molar-refractivity contribution is 0.436. The van der Waals surface area contributed by atoms with Gasteiger partial charge in [-0.15, -0.1) is 0 Å². The largest absolute Gasteiger partial charge is 0.424 e. The molecule has 1 aromatic heterocycles. The minimum Gasteiger partial charge on any atom is -0.424 e. The molecule has 0 radical (unpaired) electrons. The molecule has 0 saturated heterocycles. The number of aryl methyl sites for hydroxylation is 1. The van der Waals surface area contributed by atoms with Crippen LogP contribution in [0.1, 0.15) is 5.56 Å². The minimum absolute atomic E-state index is 0.259. The summed E-state index contributed by atoms with van der Waals surface area (Å²) < 4.78 is 19.2. The number of benzene rings is 1. The van der Waals surface area contributed by atoms with Gasteiger partial charge in [0.25, 0.3) is 0 Å². The highest BCUT2D eigenvalue weighted by molar-refractivity contribution is 14.1. The lowest BCUT2D eigenvalue weighted by Gasteiger charge is -2.06. The van der Waals surface area contributed by atoms with Crippen LogP contribution in [0, 0.1) is 16.3 Å². The van der Waals surface area contributed by atoms with E-state index in [1.165, 1.54) is 12.1 Å². The van der Waals surface area contributed by atoms with E-state index in [9.17, 15) is 4.39 Å². The summed E-state index contributed by atoms with van der Waals surface area (Å²) in [5, 5.41) is 0. The van der Waals surface area contributed by atoms with Crippen LogP contribution in [0.25, 0.3) is 0 Å². The molecule has 3 nitrogen and oxygen atoms in total. The Bertz CT molecular complexity index is 502. The molecule has 0 spiro atoms. The van der Waals surface area contributed by atoms with Crippen molar-refractivity contribution in [2.75, 3.05) is 0 Å². The molecule has 1 aromatic carbocycles. The van der Waals surface area contributed by atoms with E-state index >= 15 is 0 Å². The second-order valence-electron chi connectivity index (χ2n) is 3.20. The maximum Gasteiger partial charge on any atom is 0.321 e. The van der Waals surface area contributed by atoms with E-state index < -0.39 is 0 Å². The van der Waals surface area contributed by atoms with Gasteiger partial charge in [-0.1, -0.05) is 0 Å². The molecule has 5 heteroatoms. The number of ether oxygens (including phenoxy) is 1. The van der Waals surface area contributed by atoms with E-state index in [1.807, 2.05) is 0 Å². The first-order valence-corrected chi connectivity index (χ1v) is 5.64. The van der Waals surface area contributed by atoms with Gasteiger partial charge in [-0.25, -0.2) is 14.4 Å². The summed E-state index contributed by atoms with van der Waals surface area (Å²) in [6.45, 7) is 1.77. The molecule has 0 saturated carbocycles. The van der Waals surface area contributed by atoms with Crippen molar-refractivity contribution in [3.8, 4) is 11.8 Å². The van der Waals surface area contributed by atoms with Gasteiger partial charge >= 0.3 is 6.01 Å². The van der Waals surface area contributed by atoms with Crippen LogP contribution in [0.2, 0.25) is 0 Å². The Labute approximate surface area is 106 Å². The molecule has 16 heavy (non-hydrogen) atoms. The SMILES string of the molecule is Cc1cc(F)ccc1Oc1ncc(I)cn1. The van der Waals surface area contributed by atoms with Gasteiger partial charge in [0.05, 0.1) is 0 Å². The molecule has 0 aliphatic rings. The molecular formula is C11H8FIN2O. The highest BCUT2D eigenvalue weighted by Gasteiger charge is 2.04. The number of hydrogen-bond acceptors (Lipinski definition) is 3. The van der Waals surface area contributed by atoms with E-state index in [1.54, 1.807) is 25.4 Å². The molecule has 0 aliphatic carbocycles. The number of halogens is 2. The van der Waals surface area contributed by atoms with E-state index in [-0.39, 0.29) is 11.8 Å². The normalized spacial score (nSPS) is 10.2. The van der Waals surface area contributed by atoms with Crippen LogP contribution in [0.4, 0.5) is 4.39 Å². The number of aromatic nitrogens is 2. The molecule has 0 fully saturated rings. The van der Waals surface area contributed by atoms with Crippen molar-refractivity contribution in [2.24, 2.45) is 0 Å². The zero-order valence-corrected chi connectivity index (χ0v) is 10.6. The average molecular weight is 330 g/mol. The summed E-state index contributed by atoms with van der Waals surface area (Å²) in [4.78, 5) is 8.01. The Morgan fingerprint density at radius 3 is 2.56 bits per heavy atom. The highest BCUT2D eigenvalue weighted by Crippen LogP contribution is 2.22. The van der Waals surface area contributed by atoms with Gasteiger partial charge in [0, 0.05) is 16.0 Å². The van der Waals surface area contributed by atoms with Gasteiger partial charge in [-0.05, 0) is 53.3 Å². The smallest absolute Gasteiger partial charge is 0.321 e. The van der Waals surface area contributed by atoms with E-state index in [0.29, 0.717) is 11.3 Å². The van der Waals surface area contributed by atoms with Gasteiger partial charge < -0.3 is 4.74 Å². The van der Waals surface area contributed by atoms with Crippen molar-refractivity contribution in [1.82, 2.24) is 9.97 Å². The third kappa shape index (κ3) is 2.66. The van der Waals surface area contributed by atoms with E-state index in [2.05, 4.69) is 32.6 Å². The van der Waals surface area contributed by atoms with Crippen LogP contribution < -0.4 is 4.74 Å². The highest BCUT2D eigenvalue weighted by atomic mass is 127. The monoisotopic (exact) mass is 330 g/mol. The van der Waals surface area contributed by atoms with Crippen molar-refractivity contribution < 1.29 is 9.13 Å². The quantitative estimate of drug-likeness (QED) is 0.793. The maximum atomic E-state index is 12.9. The first-order valence-electron chi connectivity index (χ1n) is 4.57. The van der Waals surface area contributed by atoms with Crippen molar-refractivity contribution in [3.05, 3.63) is 45.5 Å². The average Bonchev–Trinajstić information content (AvgIpc) is 2.25. The molecular weight excluding hydrogens is 322 g/mol. The van der Waals surface area contributed by atoms with Crippen LogP contribution in [0.15, 0.2) is 30.6 Å². The zero-order valence-electron chi connectivity index (χ0n) is 8.45. The Morgan fingerprint density at radius 2 is 1.94 bits per heavy atom. The number of nitrogens with zero attached hydrogens (tertiary/aromatic N) is 2. The summed E-state index contributed by atoms with van der Waals surface area (Å²) in [6.07, 6.45) is 3.31. The maximum absolute atomic E-state index is 12.9. The number of rotatable bonds is 2. The zero-order chi connectivity index (χ0) is 11.5. The molecule has 1 heterocycles. The first-order chi connectivity index (χ1) is 7.65. The van der Waals surface area contributed by atoms with Crippen LogP contribution in [-0.4, -0.2) is 9.97 Å². The number of hydrogen-bond donors (Lipinski definition) is 0. The summed E-state index contributed by atoms with van der Waals surface area (Å²) in [5.74, 6) is 0.274. The van der Waals surface area contributed by atoms with E-state index in [4.69, 9.17) is 4.74 Å². The van der Waals surface area contributed by atoms with Gasteiger partial charge in [0.2, 0.25) is 0 Å². The third-order valence-corrected chi connectivity index (χ3v) is 2.49. The molecule has 0 bridgehead atoms. The fourth-order valence-electron chi connectivity index (χ4n) is 1.18. The topological polar surface area (TPSA) is 35.0 Å². The van der Waals surface area contributed by atoms with Gasteiger partial charge in [-0.2, -0.15) is 0 Å². The van der Waals surface area contributed by atoms with Gasteiger partial charge in [-0.3, -0.25) is 0 Å². The summed E-state index contributed by atoms with van der Waals surface area (Å²) in [5.41, 5.74) is 0.710. The fourth-order valence-corrected chi connectivity index (χ4v) is 1.46. The molecule has 0 atom stereocenters. The Kier molecular flexibility index (Phi) is 3.33. The van der Waals surface area contributed by atoms with Crippen LogP contribution in [-0.2, 0) is 0 Å². The molecule has 2 rings (SSSR count). The standard InChI is InChI=1S/C11H8FIN2O/c1-7-4-8(12)2-3-10(7)16-11-14-5-9(13)6-15-11/h2-6H,1H3. The Balaban J connectivity index is 2.23. The van der Waals surface area contributed by atoms with Gasteiger partial charge in [0.15, 0.2) is 0 Å². The minimum atomic E-state index is -0.284. The first kappa shape index (κ1) is 11.3. The van der Waals surface area contributed by atoms with E-state index in [0.717, 1.165) is 3.57 Å². The summed E-state index contributed by atoms with van der Waals surface area (Å²) >= 11 is 2.11. The predicted molar refractivity (Wildman–Crippen MR) is 66.0 cm³/mol. The van der Waals surface area contributed by atoms with Crippen molar-refractivity contribution in [3.63, 3.8) is 0 Å². The van der Waals surface area contributed by atoms with Gasteiger partial charge in [0.1, 0.15) is 11.6 Å². The second-order valence-corrected chi connectivity index (χ2v) is 4.44. The fraction of sp³-hybridized carbons (Fsp3) is 0.0909. The van der Waals surface area contributed by atoms with Crippen molar-refractivity contribution in [1.29, 1.82) is 0 Å². The van der Waals surface area contributed by atoms with Crippen LogP contribution in [0.3, 0.4) is 0 Å². The molecule has 82 valence electrons. The predicted octanol–water partition coefficient (Wildman–Crippen LogP) is 3.32. The lowest BCUT2D eigenvalue weighted by atomic mass is 10.2. The second kappa shape index (κ2) is 4.73. The third-order valence-electron chi connectivity index (χ3n) is 1.93. The van der Waals surface area contributed by atoms with Crippen molar-refractivity contribution >= 4 is 22.6 Å². The molecule has 0 amide bonds. The summed E-state index contributed by atoms with van der Waals surface area (Å²) in [7, 11) is 0. The molecule has 0 aliphatic heterocycles. The Morgan fingerprint density at radius 1 is 1.25 bits per heavy atom.